The second-order valence-electron chi connectivity index (χ2n) is 10.3. The Hall–Kier alpha value is -3.15. The Kier molecular flexibility index (Phi) is 8.58. The lowest BCUT2D eigenvalue weighted by Crippen LogP contribution is -2.53. The quantitative estimate of drug-likeness (QED) is 0.343. The van der Waals surface area contributed by atoms with Gasteiger partial charge in [-0.25, -0.2) is 14.2 Å². The van der Waals surface area contributed by atoms with E-state index < -0.39 is 17.6 Å². The van der Waals surface area contributed by atoms with Crippen molar-refractivity contribution >= 4 is 35.1 Å². The zero-order chi connectivity index (χ0) is 29.3. The van der Waals surface area contributed by atoms with Gasteiger partial charge in [0.15, 0.2) is 0 Å². The summed E-state index contributed by atoms with van der Waals surface area (Å²) < 4.78 is 53.4. The van der Waals surface area contributed by atoms with E-state index in [0.29, 0.717) is 54.9 Å². The fraction of sp³-hybridized carbons (Fsp3) is 0.393. The van der Waals surface area contributed by atoms with E-state index in [1.807, 2.05) is 22.9 Å². The Morgan fingerprint density at radius 3 is 2.39 bits per heavy atom. The molecule has 2 aliphatic heterocycles. The summed E-state index contributed by atoms with van der Waals surface area (Å²) in [5, 5.41) is 0.799. The summed E-state index contributed by atoms with van der Waals surface area (Å²) in [7, 11) is 1.82. The third-order valence-corrected chi connectivity index (χ3v) is 8.43. The fourth-order valence-electron chi connectivity index (χ4n) is 5.53. The molecule has 0 aliphatic carbocycles. The highest BCUT2D eigenvalue weighted by atomic mass is 35.5. The maximum absolute atomic E-state index is 14.3. The van der Waals surface area contributed by atoms with Crippen LogP contribution in [0.15, 0.2) is 55.0 Å². The second-order valence-corrected chi connectivity index (χ2v) is 11.1. The van der Waals surface area contributed by atoms with Crippen LogP contribution in [0.5, 0.6) is 0 Å². The molecule has 0 spiro atoms. The minimum atomic E-state index is -4.76. The van der Waals surface area contributed by atoms with Crippen LogP contribution in [0.3, 0.4) is 0 Å². The first kappa shape index (κ1) is 29.3. The maximum atomic E-state index is 14.3. The number of anilines is 1. The summed E-state index contributed by atoms with van der Waals surface area (Å²) in [6.45, 7) is 3.28. The predicted octanol–water partition coefficient (Wildman–Crippen LogP) is 5.78. The van der Waals surface area contributed by atoms with Crippen LogP contribution in [-0.4, -0.2) is 83.1 Å². The summed E-state index contributed by atoms with van der Waals surface area (Å²) in [6, 6.07) is 8.02. The first-order chi connectivity index (χ1) is 19.5. The van der Waals surface area contributed by atoms with Crippen LogP contribution in [0.25, 0.3) is 0 Å². The van der Waals surface area contributed by atoms with Crippen LogP contribution in [0.2, 0.25) is 10.0 Å². The number of hydrogen-bond donors (Lipinski definition) is 0. The van der Waals surface area contributed by atoms with E-state index in [1.165, 1.54) is 6.07 Å². The van der Waals surface area contributed by atoms with Gasteiger partial charge in [-0.05, 0) is 42.4 Å². The number of aromatic nitrogens is 2. The van der Waals surface area contributed by atoms with Crippen molar-refractivity contribution in [2.24, 2.45) is 0 Å². The molecule has 3 heterocycles. The normalized spacial score (nSPS) is 19.8. The molecule has 5 rings (SSSR count). The number of nitrogens with zero attached hydrogens (tertiary/aromatic N) is 6. The number of likely N-dealkylation sites (N-methyl/N-ethyl adjacent to an activating group) is 1. The van der Waals surface area contributed by atoms with Gasteiger partial charge in [0, 0.05) is 70.2 Å². The van der Waals surface area contributed by atoms with Crippen LogP contribution >= 0.6 is 23.2 Å². The molecule has 0 saturated carbocycles. The Balaban J connectivity index is 1.32. The van der Waals surface area contributed by atoms with Crippen molar-refractivity contribution < 1.29 is 22.4 Å². The number of carbonyl (C=O) groups excluding carboxylic acids is 1. The van der Waals surface area contributed by atoms with Gasteiger partial charge in [0.1, 0.15) is 11.6 Å². The molecule has 2 amide bonds. The van der Waals surface area contributed by atoms with E-state index in [-0.39, 0.29) is 24.5 Å². The molecule has 0 bridgehead atoms. The molecule has 2 saturated heterocycles. The molecule has 3 aromatic rings. The van der Waals surface area contributed by atoms with Crippen molar-refractivity contribution in [3.63, 3.8) is 0 Å². The standard InChI is InChI=1S/C28H28Cl2F4N6O/c1-37(15-18-2-4-21(24(31)12-18)28(32,33)34)25-17-40(16-20(25)19-3-5-22(29)23(30)13-19)27(41)39-10-8-38(9-11-39)26-14-35-6-7-36-26/h2-7,12-14,20,25H,8-11,15-17H2,1H3/t20-,25+/m1/s1. The van der Waals surface area contributed by atoms with Gasteiger partial charge in [0.2, 0.25) is 0 Å². The average molecular weight is 611 g/mol. The highest BCUT2D eigenvalue weighted by Gasteiger charge is 2.41. The first-order valence-electron chi connectivity index (χ1n) is 13.1. The molecule has 41 heavy (non-hydrogen) atoms. The Morgan fingerprint density at radius 2 is 1.76 bits per heavy atom. The van der Waals surface area contributed by atoms with Gasteiger partial charge in [0.05, 0.1) is 21.8 Å². The van der Waals surface area contributed by atoms with Gasteiger partial charge in [-0.3, -0.25) is 9.88 Å². The highest BCUT2D eigenvalue weighted by molar-refractivity contribution is 6.42. The minimum Gasteiger partial charge on any atom is -0.352 e. The second kappa shape index (κ2) is 12.0. The number of amides is 2. The lowest BCUT2D eigenvalue weighted by atomic mass is 9.93. The van der Waals surface area contributed by atoms with Crippen LogP contribution in [0, 0.1) is 5.82 Å². The number of urea groups is 1. The molecule has 0 N–H and O–H groups in total. The number of benzene rings is 2. The molecule has 7 nitrogen and oxygen atoms in total. The molecular formula is C28H28Cl2F4N6O. The molecule has 1 aromatic heterocycles. The van der Waals surface area contributed by atoms with Crippen LogP contribution in [-0.2, 0) is 12.7 Å². The van der Waals surface area contributed by atoms with Gasteiger partial charge in [-0.1, -0.05) is 35.3 Å². The third kappa shape index (κ3) is 6.52. The summed E-state index contributed by atoms with van der Waals surface area (Å²) in [5.41, 5.74) is -0.0111. The van der Waals surface area contributed by atoms with E-state index in [4.69, 9.17) is 23.2 Å². The van der Waals surface area contributed by atoms with Gasteiger partial charge < -0.3 is 14.7 Å². The first-order valence-corrected chi connectivity index (χ1v) is 13.8. The number of likely N-dealkylation sites (tertiary alicyclic amines) is 1. The van der Waals surface area contributed by atoms with Crippen molar-refractivity contribution in [2.75, 3.05) is 51.2 Å². The fourth-order valence-corrected chi connectivity index (χ4v) is 5.84. The number of halogens is 6. The maximum Gasteiger partial charge on any atom is 0.419 e. The van der Waals surface area contributed by atoms with Gasteiger partial charge >= 0.3 is 12.2 Å². The van der Waals surface area contributed by atoms with Crippen LogP contribution in [0.1, 0.15) is 22.6 Å². The van der Waals surface area contributed by atoms with Crippen molar-refractivity contribution in [1.29, 1.82) is 0 Å². The molecule has 2 aliphatic rings. The lowest BCUT2D eigenvalue weighted by molar-refractivity contribution is -0.140. The topological polar surface area (TPSA) is 55.8 Å². The predicted molar refractivity (Wildman–Crippen MR) is 149 cm³/mol. The summed E-state index contributed by atoms with van der Waals surface area (Å²) in [4.78, 5) is 29.7. The molecule has 13 heteroatoms. The number of rotatable bonds is 5. The van der Waals surface area contributed by atoms with E-state index in [0.717, 1.165) is 23.5 Å². The molecule has 2 fully saturated rings. The molecule has 0 unspecified atom stereocenters. The number of alkyl halides is 3. The number of piperazine rings is 1. The van der Waals surface area contributed by atoms with Crippen molar-refractivity contribution in [3.05, 3.63) is 87.5 Å². The zero-order valence-electron chi connectivity index (χ0n) is 22.2. The number of hydrogen-bond acceptors (Lipinski definition) is 5. The van der Waals surface area contributed by atoms with E-state index in [9.17, 15) is 22.4 Å². The van der Waals surface area contributed by atoms with Crippen molar-refractivity contribution in [1.82, 2.24) is 24.7 Å². The SMILES string of the molecule is CN(Cc1ccc(C(F)(F)F)c(F)c1)[C@H]1CN(C(=O)N2CCN(c3cnccn3)CC2)C[C@@H]1c1ccc(Cl)c(Cl)c1. The van der Waals surface area contributed by atoms with E-state index in [2.05, 4.69) is 14.9 Å². The van der Waals surface area contributed by atoms with Crippen molar-refractivity contribution in [2.45, 2.75) is 24.7 Å². The molecule has 2 aromatic carbocycles. The minimum absolute atomic E-state index is 0.0923. The molecule has 218 valence electrons. The summed E-state index contributed by atoms with van der Waals surface area (Å²) >= 11 is 12.5. The third-order valence-electron chi connectivity index (χ3n) is 7.69. The van der Waals surface area contributed by atoms with Crippen LogP contribution in [0.4, 0.5) is 28.2 Å². The average Bonchev–Trinajstić information content (AvgIpc) is 3.40. The van der Waals surface area contributed by atoms with Gasteiger partial charge in [-0.2, -0.15) is 13.2 Å². The lowest BCUT2D eigenvalue weighted by Gasteiger charge is -2.37. The Morgan fingerprint density at radius 1 is 1.00 bits per heavy atom. The smallest absolute Gasteiger partial charge is 0.352 e. The largest absolute Gasteiger partial charge is 0.419 e. The van der Waals surface area contributed by atoms with E-state index in [1.54, 1.807) is 35.6 Å². The molecule has 0 radical (unpaired) electrons. The number of carbonyl (C=O) groups is 1. The van der Waals surface area contributed by atoms with E-state index >= 15 is 0 Å². The molecular weight excluding hydrogens is 583 g/mol. The Labute approximate surface area is 245 Å². The van der Waals surface area contributed by atoms with Crippen molar-refractivity contribution in [3.8, 4) is 0 Å². The highest BCUT2D eigenvalue weighted by Crippen LogP contribution is 2.36. The van der Waals surface area contributed by atoms with Gasteiger partial charge in [0.25, 0.3) is 0 Å². The monoisotopic (exact) mass is 610 g/mol. The zero-order valence-corrected chi connectivity index (χ0v) is 23.7. The van der Waals surface area contributed by atoms with Gasteiger partial charge in [-0.15, -0.1) is 0 Å². The summed E-state index contributed by atoms with van der Waals surface area (Å²) in [6.07, 6.45) is 0.181. The summed E-state index contributed by atoms with van der Waals surface area (Å²) in [5.74, 6) is -0.700. The van der Waals surface area contributed by atoms with Crippen LogP contribution < -0.4 is 4.90 Å². The molecule has 2 atom stereocenters. The Bertz CT molecular complexity index is 1390.